The minimum absolute atomic E-state index is 0.0909. The number of halogens is 1. The number of carbonyl (C=O) groups excluding carboxylic acids is 2. The van der Waals surface area contributed by atoms with Gasteiger partial charge in [-0.3, -0.25) is 9.78 Å². The molecular formula is C21H20ClN3O3. The van der Waals surface area contributed by atoms with Gasteiger partial charge in [0, 0.05) is 17.6 Å². The Morgan fingerprint density at radius 3 is 2.39 bits per heavy atom. The van der Waals surface area contributed by atoms with E-state index in [-0.39, 0.29) is 17.5 Å². The number of hydrogen-bond acceptors (Lipinski definition) is 4. The molecule has 144 valence electrons. The van der Waals surface area contributed by atoms with E-state index in [0.29, 0.717) is 17.1 Å². The van der Waals surface area contributed by atoms with Gasteiger partial charge in [0.05, 0.1) is 17.9 Å². The van der Waals surface area contributed by atoms with Crippen molar-refractivity contribution in [3.05, 3.63) is 95.3 Å². The summed E-state index contributed by atoms with van der Waals surface area (Å²) in [7, 11) is 0. The van der Waals surface area contributed by atoms with Crippen LogP contribution in [0.3, 0.4) is 0 Å². The third-order valence-corrected chi connectivity index (χ3v) is 3.92. The van der Waals surface area contributed by atoms with E-state index in [4.69, 9.17) is 11.6 Å². The smallest absolute Gasteiger partial charge is 0.282 e. The van der Waals surface area contributed by atoms with Crippen molar-refractivity contribution in [2.45, 2.75) is 12.5 Å². The molecule has 0 aliphatic rings. The first-order valence-electron chi connectivity index (χ1n) is 8.50. The van der Waals surface area contributed by atoms with Crippen molar-refractivity contribution in [2.75, 3.05) is 5.32 Å². The van der Waals surface area contributed by atoms with Gasteiger partial charge in [-0.15, -0.1) is 0 Å². The maximum Gasteiger partial charge on any atom is 0.282 e. The standard InChI is InChI=1S/C14H15N3O.C7H5ClO2/c15-13(9-11-5-2-1-3-6-11)14(18)17-12-7-4-8-16-10-12;8-6-3-1-2-5(4-6)7(9)10/h1-8,10,13H,9,15H2,(H,17,18);1-4H,(H,9,10)/t13-;/m0./s1. The van der Waals surface area contributed by atoms with Gasteiger partial charge in [0.15, 0.2) is 6.04 Å². The maximum absolute atomic E-state index is 11.9. The first kappa shape index (κ1) is 21.1. The second-order valence-electron chi connectivity index (χ2n) is 5.92. The third-order valence-electron chi connectivity index (χ3n) is 3.69. The molecule has 0 saturated carbocycles. The number of hydrogen-bond donors (Lipinski definition) is 2. The molecule has 4 N–H and O–H groups in total. The number of aromatic nitrogens is 1. The van der Waals surface area contributed by atoms with Crippen LogP contribution in [0.25, 0.3) is 0 Å². The summed E-state index contributed by atoms with van der Waals surface area (Å²) in [5.41, 5.74) is 5.81. The molecule has 0 unspecified atom stereocenters. The first-order valence-corrected chi connectivity index (χ1v) is 8.88. The van der Waals surface area contributed by atoms with Gasteiger partial charge in [-0.05, 0) is 35.4 Å². The topological polar surface area (TPSA) is 110 Å². The van der Waals surface area contributed by atoms with E-state index in [1.54, 1.807) is 36.7 Å². The van der Waals surface area contributed by atoms with Crippen LogP contribution in [0, 0.1) is 0 Å². The van der Waals surface area contributed by atoms with Crippen LogP contribution in [0.2, 0.25) is 5.02 Å². The number of benzene rings is 2. The molecule has 0 bridgehead atoms. The molecule has 0 aliphatic carbocycles. The van der Waals surface area contributed by atoms with E-state index in [1.165, 1.54) is 12.1 Å². The zero-order valence-corrected chi connectivity index (χ0v) is 15.8. The Kier molecular flexibility index (Phi) is 8.14. The zero-order valence-electron chi connectivity index (χ0n) is 15.0. The minimum Gasteiger partial charge on any atom is -0.545 e. The van der Waals surface area contributed by atoms with Crippen molar-refractivity contribution in [3.63, 3.8) is 0 Å². The third kappa shape index (κ3) is 7.19. The predicted molar refractivity (Wildman–Crippen MR) is 105 cm³/mol. The van der Waals surface area contributed by atoms with Gasteiger partial charge >= 0.3 is 0 Å². The molecule has 2 aromatic carbocycles. The van der Waals surface area contributed by atoms with Crippen LogP contribution in [0.5, 0.6) is 0 Å². The number of pyridine rings is 1. The summed E-state index contributed by atoms with van der Waals surface area (Å²) in [5, 5.41) is 13.4. The van der Waals surface area contributed by atoms with Gasteiger partial charge in [0.2, 0.25) is 0 Å². The number of nitrogens with zero attached hydrogens (tertiary/aromatic N) is 1. The van der Waals surface area contributed by atoms with Crippen molar-refractivity contribution in [3.8, 4) is 0 Å². The second-order valence-corrected chi connectivity index (χ2v) is 6.35. The maximum atomic E-state index is 11.9. The summed E-state index contributed by atoms with van der Waals surface area (Å²) in [5.74, 6) is -1.30. The fourth-order valence-electron chi connectivity index (χ4n) is 2.29. The van der Waals surface area contributed by atoms with Gasteiger partial charge in [-0.25, -0.2) is 0 Å². The lowest BCUT2D eigenvalue weighted by atomic mass is 10.1. The fraction of sp³-hybridized carbons (Fsp3) is 0.0952. The van der Waals surface area contributed by atoms with E-state index in [1.807, 2.05) is 30.3 Å². The zero-order chi connectivity index (χ0) is 20.4. The second kappa shape index (κ2) is 10.8. The molecule has 3 aromatic rings. The molecule has 28 heavy (non-hydrogen) atoms. The quantitative estimate of drug-likeness (QED) is 0.680. The Labute approximate surface area is 168 Å². The normalized spacial score (nSPS) is 10.9. The number of carboxylic acid groups (broad SMARTS) is 1. The summed E-state index contributed by atoms with van der Waals surface area (Å²) in [6, 6.07) is 19.1. The lowest BCUT2D eigenvalue weighted by Gasteiger charge is -2.09. The molecule has 0 saturated heterocycles. The van der Waals surface area contributed by atoms with Gasteiger partial charge in [-0.2, -0.15) is 0 Å². The summed E-state index contributed by atoms with van der Waals surface area (Å²) in [6.45, 7) is 0. The lowest BCUT2D eigenvalue weighted by Crippen LogP contribution is -2.67. The Morgan fingerprint density at radius 1 is 1.07 bits per heavy atom. The molecule has 1 atom stereocenters. The van der Waals surface area contributed by atoms with E-state index in [2.05, 4.69) is 16.0 Å². The molecular weight excluding hydrogens is 378 g/mol. The number of carbonyl (C=O) groups is 2. The molecule has 3 rings (SSSR count). The highest BCUT2D eigenvalue weighted by Crippen LogP contribution is 2.09. The van der Waals surface area contributed by atoms with Crippen molar-refractivity contribution in [1.82, 2.24) is 4.98 Å². The van der Waals surface area contributed by atoms with Crippen LogP contribution in [0.4, 0.5) is 5.69 Å². The molecule has 1 amide bonds. The number of amides is 1. The SMILES string of the molecule is O=C([O-])c1cccc(Cl)c1.[NH3+][C@@H](Cc1ccccc1)C(=O)Nc1cccnc1. The molecule has 0 radical (unpaired) electrons. The Hall–Kier alpha value is -3.22. The molecule has 0 fully saturated rings. The molecule has 0 aliphatic heterocycles. The molecule has 7 heteroatoms. The largest absolute Gasteiger partial charge is 0.545 e. The van der Waals surface area contributed by atoms with Crippen molar-refractivity contribution < 1.29 is 20.4 Å². The number of anilines is 1. The van der Waals surface area contributed by atoms with Gasteiger partial charge in [0.25, 0.3) is 5.91 Å². The van der Waals surface area contributed by atoms with Crippen LogP contribution in [0.1, 0.15) is 15.9 Å². The van der Waals surface area contributed by atoms with Crippen molar-refractivity contribution in [2.24, 2.45) is 0 Å². The number of rotatable bonds is 5. The number of aromatic carboxylic acids is 1. The Morgan fingerprint density at radius 2 is 1.82 bits per heavy atom. The molecule has 1 heterocycles. The Balaban J connectivity index is 0.000000237. The van der Waals surface area contributed by atoms with Crippen molar-refractivity contribution >= 4 is 29.2 Å². The predicted octanol–water partition coefficient (Wildman–Crippen LogP) is 1.58. The fourth-order valence-corrected chi connectivity index (χ4v) is 2.48. The number of nitrogens with one attached hydrogen (secondary N) is 1. The molecule has 6 nitrogen and oxygen atoms in total. The van der Waals surface area contributed by atoms with Crippen molar-refractivity contribution in [1.29, 1.82) is 0 Å². The average Bonchev–Trinajstić information content (AvgIpc) is 2.70. The molecule has 0 spiro atoms. The van der Waals surface area contributed by atoms with E-state index < -0.39 is 5.97 Å². The van der Waals surface area contributed by atoms with Crippen LogP contribution in [-0.2, 0) is 11.2 Å². The van der Waals surface area contributed by atoms with E-state index in [0.717, 1.165) is 5.56 Å². The van der Waals surface area contributed by atoms with E-state index in [9.17, 15) is 14.7 Å². The van der Waals surface area contributed by atoms with Crippen LogP contribution < -0.4 is 16.2 Å². The van der Waals surface area contributed by atoms with Gasteiger partial charge in [0.1, 0.15) is 0 Å². The van der Waals surface area contributed by atoms with Crippen LogP contribution in [-0.4, -0.2) is 22.9 Å². The van der Waals surface area contributed by atoms with Gasteiger partial charge < -0.3 is 21.0 Å². The molecule has 1 aromatic heterocycles. The summed E-state index contributed by atoms with van der Waals surface area (Å²) in [4.78, 5) is 26.0. The van der Waals surface area contributed by atoms with Gasteiger partial charge in [-0.1, -0.05) is 54.1 Å². The van der Waals surface area contributed by atoms with E-state index >= 15 is 0 Å². The minimum atomic E-state index is -1.21. The summed E-state index contributed by atoms with van der Waals surface area (Å²) >= 11 is 5.50. The summed E-state index contributed by atoms with van der Waals surface area (Å²) < 4.78 is 0. The highest BCUT2D eigenvalue weighted by Gasteiger charge is 2.17. The first-order chi connectivity index (χ1) is 13.5. The highest BCUT2D eigenvalue weighted by atomic mass is 35.5. The van der Waals surface area contributed by atoms with Crippen LogP contribution >= 0.6 is 11.6 Å². The highest BCUT2D eigenvalue weighted by molar-refractivity contribution is 6.30. The number of quaternary nitrogens is 1. The average molecular weight is 398 g/mol. The number of carboxylic acids is 1. The summed E-state index contributed by atoms with van der Waals surface area (Å²) in [6.07, 6.45) is 3.92. The monoisotopic (exact) mass is 397 g/mol. The lowest BCUT2D eigenvalue weighted by molar-refractivity contribution is -0.402. The van der Waals surface area contributed by atoms with Crippen LogP contribution in [0.15, 0.2) is 79.1 Å². The Bertz CT molecular complexity index is 905.